The van der Waals surface area contributed by atoms with Crippen molar-refractivity contribution in [2.24, 2.45) is 0 Å². The standard InChI is InChI=1S/C15H11FO3/c1-9-12-7-10(16)4-5-14(12)19-15(9)13(17)8-11-3-2-6-18-11/h2-7H,8H2,1H3. The van der Waals surface area contributed by atoms with Crippen LogP contribution < -0.4 is 0 Å². The van der Waals surface area contributed by atoms with Crippen LogP contribution in [0, 0.1) is 12.7 Å². The quantitative estimate of drug-likeness (QED) is 0.669. The van der Waals surface area contributed by atoms with E-state index >= 15 is 0 Å². The molecule has 3 rings (SSSR count). The molecule has 3 aromatic rings. The minimum Gasteiger partial charge on any atom is -0.469 e. The van der Waals surface area contributed by atoms with E-state index in [0.29, 0.717) is 22.3 Å². The first-order valence-corrected chi connectivity index (χ1v) is 5.89. The molecule has 2 aromatic heterocycles. The second-order valence-electron chi connectivity index (χ2n) is 4.38. The maximum atomic E-state index is 13.2. The molecule has 0 N–H and O–H groups in total. The van der Waals surface area contributed by atoms with Crippen LogP contribution in [-0.2, 0) is 6.42 Å². The van der Waals surface area contributed by atoms with Crippen LogP contribution in [0.4, 0.5) is 4.39 Å². The van der Waals surface area contributed by atoms with Gasteiger partial charge in [0.15, 0.2) is 5.76 Å². The van der Waals surface area contributed by atoms with Gasteiger partial charge in [-0.05, 0) is 37.3 Å². The van der Waals surface area contributed by atoms with E-state index < -0.39 is 0 Å². The molecule has 4 heteroatoms. The van der Waals surface area contributed by atoms with Gasteiger partial charge >= 0.3 is 0 Å². The second kappa shape index (κ2) is 4.39. The zero-order valence-electron chi connectivity index (χ0n) is 10.3. The SMILES string of the molecule is Cc1c(C(=O)Cc2ccco2)oc2ccc(F)cc12. The first-order valence-electron chi connectivity index (χ1n) is 5.89. The number of rotatable bonds is 3. The number of hydrogen-bond donors (Lipinski definition) is 0. The summed E-state index contributed by atoms with van der Waals surface area (Å²) in [6.45, 7) is 1.75. The Morgan fingerprint density at radius 2 is 2.16 bits per heavy atom. The van der Waals surface area contributed by atoms with E-state index in [4.69, 9.17) is 8.83 Å². The molecule has 0 amide bonds. The third-order valence-electron chi connectivity index (χ3n) is 3.07. The smallest absolute Gasteiger partial charge is 0.205 e. The van der Waals surface area contributed by atoms with Crippen molar-refractivity contribution >= 4 is 16.8 Å². The van der Waals surface area contributed by atoms with Gasteiger partial charge in [0.25, 0.3) is 0 Å². The highest BCUT2D eigenvalue weighted by atomic mass is 19.1. The minimum absolute atomic E-state index is 0.135. The average Bonchev–Trinajstić information content (AvgIpc) is 2.98. The highest BCUT2D eigenvalue weighted by Gasteiger charge is 2.19. The number of Topliss-reactive ketones (excluding diaryl/α,β-unsaturated/α-hetero) is 1. The Kier molecular flexibility index (Phi) is 2.71. The van der Waals surface area contributed by atoms with Crippen molar-refractivity contribution in [2.75, 3.05) is 0 Å². The van der Waals surface area contributed by atoms with Crippen LogP contribution in [-0.4, -0.2) is 5.78 Å². The molecule has 0 spiro atoms. The normalized spacial score (nSPS) is 11.1. The van der Waals surface area contributed by atoms with Crippen molar-refractivity contribution in [3.63, 3.8) is 0 Å². The third kappa shape index (κ3) is 2.05. The Morgan fingerprint density at radius 3 is 2.89 bits per heavy atom. The Bertz CT molecular complexity index is 738. The van der Waals surface area contributed by atoms with Crippen LogP contribution in [0.2, 0.25) is 0 Å². The summed E-state index contributed by atoms with van der Waals surface area (Å²) in [7, 11) is 0. The molecular formula is C15H11FO3. The summed E-state index contributed by atoms with van der Waals surface area (Å²) in [6.07, 6.45) is 1.65. The maximum absolute atomic E-state index is 13.2. The molecule has 0 atom stereocenters. The van der Waals surface area contributed by atoms with E-state index in [1.807, 2.05) is 0 Å². The number of carbonyl (C=O) groups excluding carboxylic acids is 1. The first kappa shape index (κ1) is 11.7. The average molecular weight is 258 g/mol. The van der Waals surface area contributed by atoms with Gasteiger partial charge in [0, 0.05) is 10.9 Å². The number of fused-ring (bicyclic) bond motifs is 1. The molecule has 0 unspecified atom stereocenters. The van der Waals surface area contributed by atoms with Crippen molar-refractivity contribution in [1.29, 1.82) is 0 Å². The van der Waals surface area contributed by atoms with Gasteiger partial charge in [-0.2, -0.15) is 0 Å². The van der Waals surface area contributed by atoms with E-state index in [1.54, 1.807) is 19.1 Å². The number of benzene rings is 1. The minimum atomic E-state index is -0.346. The van der Waals surface area contributed by atoms with E-state index in [2.05, 4.69) is 0 Å². The van der Waals surface area contributed by atoms with Gasteiger partial charge in [0.1, 0.15) is 17.2 Å². The maximum Gasteiger partial charge on any atom is 0.205 e. The van der Waals surface area contributed by atoms with Crippen LogP contribution in [0.1, 0.15) is 21.9 Å². The topological polar surface area (TPSA) is 43.4 Å². The zero-order chi connectivity index (χ0) is 13.4. The lowest BCUT2D eigenvalue weighted by Crippen LogP contribution is -2.02. The summed E-state index contributed by atoms with van der Waals surface area (Å²) in [5.74, 6) is 0.318. The second-order valence-corrected chi connectivity index (χ2v) is 4.38. The van der Waals surface area contributed by atoms with Crippen molar-refractivity contribution in [2.45, 2.75) is 13.3 Å². The molecule has 0 aliphatic carbocycles. The number of furan rings is 2. The summed E-state index contributed by atoms with van der Waals surface area (Å²) < 4.78 is 23.8. The van der Waals surface area contributed by atoms with Crippen LogP contribution in [0.3, 0.4) is 0 Å². The van der Waals surface area contributed by atoms with Gasteiger partial charge in [-0.15, -0.1) is 0 Å². The molecule has 0 aliphatic rings. The molecule has 0 fully saturated rings. The Balaban J connectivity index is 2.00. The molecule has 19 heavy (non-hydrogen) atoms. The lowest BCUT2D eigenvalue weighted by molar-refractivity contribution is 0.0961. The molecule has 0 aliphatic heterocycles. The summed E-state index contributed by atoms with van der Waals surface area (Å²) >= 11 is 0. The summed E-state index contributed by atoms with van der Waals surface area (Å²) in [5.41, 5.74) is 1.17. The molecule has 96 valence electrons. The summed E-state index contributed by atoms with van der Waals surface area (Å²) in [4.78, 5) is 12.1. The van der Waals surface area contributed by atoms with Crippen molar-refractivity contribution < 1.29 is 18.0 Å². The fourth-order valence-corrected chi connectivity index (χ4v) is 2.11. The third-order valence-corrected chi connectivity index (χ3v) is 3.07. The van der Waals surface area contributed by atoms with E-state index in [1.165, 1.54) is 24.5 Å². The van der Waals surface area contributed by atoms with Gasteiger partial charge in [-0.25, -0.2) is 4.39 Å². The van der Waals surface area contributed by atoms with Crippen LogP contribution in [0.15, 0.2) is 45.4 Å². The fourth-order valence-electron chi connectivity index (χ4n) is 2.11. The largest absolute Gasteiger partial charge is 0.469 e. The van der Waals surface area contributed by atoms with Gasteiger partial charge in [-0.3, -0.25) is 4.79 Å². The van der Waals surface area contributed by atoms with Gasteiger partial charge < -0.3 is 8.83 Å². The monoisotopic (exact) mass is 258 g/mol. The molecule has 0 radical (unpaired) electrons. The molecular weight excluding hydrogens is 247 g/mol. The number of halogens is 1. The van der Waals surface area contributed by atoms with Crippen molar-refractivity contribution in [3.05, 3.63) is 59.5 Å². The van der Waals surface area contributed by atoms with E-state index in [-0.39, 0.29) is 23.8 Å². The molecule has 3 nitrogen and oxygen atoms in total. The number of hydrogen-bond acceptors (Lipinski definition) is 3. The Morgan fingerprint density at radius 1 is 1.32 bits per heavy atom. The van der Waals surface area contributed by atoms with E-state index in [9.17, 15) is 9.18 Å². The first-order chi connectivity index (χ1) is 9.15. The predicted octanol–water partition coefficient (Wildman–Crippen LogP) is 3.90. The summed E-state index contributed by atoms with van der Waals surface area (Å²) in [5, 5.41) is 0.628. The fraction of sp³-hybridized carbons (Fsp3) is 0.133. The van der Waals surface area contributed by atoms with Gasteiger partial charge in [-0.1, -0.05) is 0 Å². The lowest BCUT2D eigenvalue weighted by atomic mass is 10.1. The molecule has 1 aromatic carbocycles. The molecule has 2 heterocycles. The Hall–Kier alpha value is -2.36. The summed E-state index contributed by atoms with van der Waals surface area (Å²) in [6, 6.07) is 7.67. The van der Waals surface area contributed by atoms with Crippen LogP contribution in [0.25, 0.3) is 11.0 Å². The molecule has 0 bridgehead atoms. The lowest BCUT2D eigenvalue weighted by Gasteiger charge is -1.95. The predicted molar refractivity (Wildman–Crippen MR) is 67.7 cm³/mol. The van der Waals surface area contributed by atoms with Crippen molar-refractivity contribution in [1.82, 2.24) is 0 Å². The highest BCUT2D eigenvalue weighted by Crippen LogP contribution is 2.27. The highest BCUT2D eigenvalue weighted by molar-refractivity contribution is 6.01. The van der Waals surface area contributed by atoms with E-state index in [0.717, 1.165) is 0 Å². The molecule has 0 saturated carbocycles. The number of ketones is 1. The number of carbonyl (C=O) groups is 1. The van der Waals surface area contributed by atoms with Gasteiger partial charge in [0.2, 0.25) is 5.78 Å². The number of aryl methyl sites for hydroxylation is 1. The molecule has 0 saturated heterocycles. The van der Waals surface area contributed by atoms with Crippen LogP contribution >= 0.6 is 0 Å². The van der Waals surface area contributed by atoms with Crippen molar-refractivity contribution in [3.8, 4) is 0 Å². The van der Waals surface area contributed by atoms with Gasteiger partial charge in [0.05, 0.1) is 12.7 Å². The zero-order valence-corrected chi connectivity index (χ0v) is 10.3. The Labute approximate surface area is 108 Å². The van der Waals surface area contributed by atoms with Crippen LogP contribution in [0.5, 0.6) is 0 Å².